The smallest absolute Gasteiger partial charge is 0.265 e. The van der Waals surface area contributed by atoms with Crippen molar-refractivity contribution in [2.75, 3.05) is 6.54 Å². The van der Waals surface area contributed by atoms with Gasteiger partial charge in [-0.15, -0.1) is 0 Å². The van der Waals surface area contributed by atoms with Gasteiger partial charge in [0.1, 0.15) is 0 Å². The molecule has 0 aromatic heterocycles. The largest absolute Gasteiger partial charge is 0.295 e. The molecule has 1 amide bonds. The lowest BCUT2D eigenvalue weighted by Crippen LogP contribution is -2.30. The molecule has 0 atom stereocenters. The second-order valence-electron chi connectivity index (χ2n) is 4.17. The van der Waals surface area contributed by atoms with Gasteiger partial charge in [0.2, 0.25) is 0 Å². The fourth-order valence-corrected chi connectivity index (χ4v) is 2.16. The average Bonchev–Trinajstić information content (AvgIpc) is 2.69. The minimum Gasteiger partial charge on any atom is -0.295 e. The number of nitrogens with one attached hydrogen (secondary N) is 1. The van der Waals surface area contributed by atoms with Crippen molar-refractivity contribution in [2.45, 2.75) is 26.4 Å². The number of amides is 1. The number of hydrogen-bond donors (Lipinski definition) is 2. The maximum absolute atomic E-state index is 11.4. The van der Waals surface area contributed by atoms with Gasteiger partial charge in [0, 0.05) is 18.7 Å². The van der Waals surface area contributed by atoms with Gasteiger partial charge in [-0.3, -0.25) is 15.1 Å². The first-order valence-electron chi connectivity index (χ1n) is 5.59. The Balaban J connectivity index is 2.17. The summed E-state index contributed by atoms with van der Waals surface area (Å²) >= 11 is 0. The molecule has 16 heavy (non-hydrogen) atoms. The number of nitrogens with two attached hydrogens (primary N) is 1. The monoisotopic (exact) mass is 219 g/mol. The van der Waals surface area contributed by atoms with E-state index in [9.17, 15) is 4.79 Å². The number of rotatable bonds is 3. The number of nitrogen functional groups attached to an aromatic ring is 1. The van der Waals surface area contributed by atoms with E-state index in [2.05, 4.69) is 17.2 Å². The van der Waals surface area contributed by atoms with Crippen LogP contribution in [0.2, 0.25) is 0 Å². The molecule has 1 aliphatic heterocycles. The molecule has 0 radical (unpaired) electrons. The van der Waals surface area contributed by atoms with E-state index in [1.54, 1.807) is 0 Å². The Morgan fingerprint density at radius 3 is 2.88 bits per heavy atom. The van der Waals surface area contributed by atoms with Gasteiger partial charge in [-0.1, -0.05) is 13.0 Å². The summed E-state index contributed by atoms with van der Waals surface area (Å²) in [6.45, 7) is 5.21. The Morgan fingerprint density at radius 1 is 1.44 bits per heavy atom. The summed E-state index contributed by atoms with van der Waals surface area (Å²) in [6, 6.07) is 5.79. The second kappa shape index (κ2) is 4.63. The summed E-state index contributed by atoms with van der Waals surface area (Å²) in [6.07, 6.45) is 1.16. The van der Waals surface area contributed by atoms with Crippen LogP contribution in [-0.4, -0.2) is 17.4 Å². The van der Waals surface area contributed by atoms with Gasteiger partial charge in [-0.25, -0.2) is 5.84 Å². The molecule has 1 aromatic carbocycles. The third-order valence-electron chi connectivity index (χ3n) is 2.93. The van der Waals surface area contributed by atoms with Crippen LogP contribution in [-0.2, 0) is 13.1 Å². The van der Waals surface area contributed by atoms with Crippen LogP contribution in [0.1, 0.15) is 34.8 Å². The Labute approximate surface area is 95.4 Å². The van der Waals surface area contributed by atoms with Crippen molar-refractivity contribution in [2.24, 2.45) is 5.84 Å². The first-order valence-corrected chi connectivity index (χ1v) is 5.59. The Hall–Kier alpha value is -1.39. The van der Waals surface area contributed by atoms with Gasteiger partial charge >= 0.3 is 0 Å². The van der Waals surface area contributed by atoms with Gasteiger partial charge in [0.05, 0.1) is 0 Å². The van der Waals surface area contributed by atoms with Crippen LogP contribution in [0.15, 0.2) is 18.2 Å². The predicted molar refractivity (Wildman–Crippen MR) is 62.5 cm³/mol. The van der Waals surface area contributed by atoms with Gasteiger partial charge in [0.25, 0.3) is 5.91 Å². The van der Waals surface area contributed by atoms with Crippen LogP contribution >= 0.6 is 0 Å². The Morgan fingerprint density at radius 2 is 2.19 bits per heavy atom. The second-order valence-corrected chi connectivity index (χ2v) is 4.17. The number of fused-ring (bicyclic) bond motifs is 1. The number of hydrazine groups is 1. The van der Waals surface area contributed by atoms with Crippen LogP contribution in [0.3, 0.4) is 0 Å². The molecule has 3 N–H and O–H groups in total. The van der Waals surface area contributed by atoms with Gasteiger partial charge in [-0.2, -0.15) is 0 Å². The minimum atomic E-state index is -0.225. The SMILES string of the molecule is CCCN1Cc2ccc(C(=O)NN)cc2C1. The van der Waals surface area contributed by atoms with Crippen molar-refractivity contribution in [3.63, 3.8) is 0 Å². The maximum atomic E-state index is 11.4. The van der Waals surface area contributed by atoms with Crippen molar-refractivity contribution >= 4 is 5.91 Å². The first kappa shape index (κ1) is 11.1. The van der Waals surface area contributed by atoms with E-state index in [-0.39, 0.29) is 5.91 Å². The van der Waals surface area contributed by atoms with Crippen LogP contribution in [0.5, 0.6) is 0 Å². The number of nitrogens with zero attached hydrogens (tertiary/aromatic N) is 1. The summed E-state index contributed by atoms with van der Waals surface area (Å²) < 4.78 is 0. The predicted octanol–water partition coefficient (Wildman–Crippen LogP) is 1.02. The molecular formula is C12H17N3O. The molecule has 0 saturated carbocycles. The molecule has 0 spiro atoms. The van der Waals surface area contributed by atoms with Crippen molar-refractivity contribution in [3.8, 4) is 0 Å². The van der Waals surface area contributed by atoms with E-state index in [4.69, 9.17) is 5.84 Å². The van der Waals surface area contributed by atoms with Crippen LogP contribution in [0.4, 0.5) is 0 Å². The zero-order valence-electron chi connectivity index (χ0n) is 9.49. The van der Waals surface area contributed by atoms with Crippen molar-refractivity contribution in [1.82, 2.24) is 10.3 Å². The summed E-state index contributed by atoms with van der Waals surface area (Å²) in [5.41, 5.74) is 5.36. The average molecular weight is 219 g/mol. The lowest BCUT2D eigenvalue weighted by atomic mass is 10.1. The first-order chi connectivity index (χ1) is 7.74. The topological polar surface area (TPSA) is 58.4 Å². The van der Waals surface area contributed by atoms with Crippen molar-refractivity contribution < 1.29 is 4.79 Å². The number of carbonyl (C=O) groups is 1. The van der Waals surface area contributed by atoms with E-state index < -0.39 is 0 Å². The van der Waals surface area contributed by atoms with Crippen LogP contribution < -0.4 is 11.3 Å². The zero-order valence-corrected chi connectivity index (χ0v) is 9.49. The lowest BCUT2D eigenvalue weighted by Gasteiger charge is -2.11. The molecule has 0 saturated heterocycles. The molecule has 0 unspecified atom stereocenters. The van der Waals surface area contributed by atoms with Crippen molar-refractivity contribution in [1.29, 1.82) is 0 Å². The molecule has 1 aromatic rings. The number of carbonyl (C=O) groups excluding carboxylic acids is 1. The molecule has 1 aliphatic rings. The normalized spacial score (nSPS) is 14.9. The van der Waals surface area contributed by atoms with E-state index in [1.165, 1.54) is 11.1 Å². The molecule has 0 fully saturated rings. The molecule has 0 aliphatic carbocycles. The van der Waals surface area contributed by atoms with E-state index in [1.807, 2.05) is 18.2 Å². The van der Waals surface area contributed by atoms with E-state index >= 15 is 0 Å². The summed E-state index contributed by atoms with van der Waals surface area (Å²) in [5.74, 6) is 4.89. The highest BCUT2D eigenvalue weighted by Crippen LogP contribution is 2.23. The summed E-state index contributed by atoms with van der Waals surface area (Å²) in [5, 5.41) is 0. The summed E-state index contributed by atoms with van der Waals surface area (Å²) in [7, 11) is 0. The molecule has 0 bridgehead atoms. The van der Waals surface area contributed by atoms with Crippen LogP contribution in [0.25, 0.3) is 0 Å². The fraction of sp³-hybridized carbons (Fsp3) is 0.417. The minimum absolute atomic E-state index is 0.225. The number of benzene rings is 1. The molecule has 2 rings (SSSR count). The van der Waals surface area contributed by atoms with Gasteiger partial charge in [-0.05, 0) is 36.2 Å². The highest BCUT2D eigenvalue weighted by Gasteiger charge is 2.19. The van der Waals surface area contributed by atoms with E-state index in [0.717, 1.165) is 26.1 Å². The maximum Gasteiger partial charge on any atom is 0.265 e. The Bertz CT molecular complexity index is 403. The number of hydrogen-bond acceptors (Lipinski definition) is 3. The quantitative estimate of drug-likeness (QED) is 0.453. The molecular weight excluding hydrogens is 202 g/mol. The lowest BCUT2D eigenvalue weighted by molar-refractivity contribution is 0.0953. The highest BCUT2D eigenvalue weighted by atomic mass is 16.2. The third kappa shape index (κ3) is 2.08. The summed E-state index contributed by atoms with van der Waals surface area (Å²) in [4.78, 5) is 13.8. The molecule has 1 heterocycles. The zero-order chi connectivity index (χ0) is 11.5. The van der Waals surface area contributed by atoms with E-state index in [0.29, 0.717) is 5.56 Å². The van der Waals surface area contributed by atoms with Gasteiger partial charge in [0.15, 0.2) is 0 Å². The fourth-order valence-electron chi connectivity index (χ4n) is 2.16. The highest BCUT2D eigenvalue weighted by molar-refractivity contribution is 5.94. The Kier molecular flexibility index (Phi) is 3.22. The van der Waals surface area contributed by atoms with Gasteiger partial charge < -0.3 is 0 Å². The van der Waals surface area contributed by atoms with Crippen molar-refractivity contribution in [3.05, 3.63) is 34.9 Å². The standard InChI is InChI=1S/C12H17N3O/c1-2-5-15-7-10-4-3-9(12(16)14-13)6-11(10)8-15/h3-4,6H,2,5,7-8,13H2,1H3,(H,14,16). The van der Waals surface area contributed by atoms with Crippen LogP contribution in [0, 0.1) is 0 Å². The molecule has 86 valence electrons. The molecule has 4 nitrogen and oxygen atoms in total. The third-order valence-corrected chi connectivity index (χ3v) is 2.93. The molecule has 4 heteroatoms.